The van der Waals surface area contributed by atoms with Gasteiger partial charge in [0, 0.05) is 18.1 Å². The lowest BCUT2D eigenvalue weighted by molar-refractivity contribution is 0.462. The van der Waals surface area contributed by atoms with Crippen LogP contribution in [0.1, 0.15) is 21.8 Å². The van der Waals surface area contributed by atoms with E-state index in [0.29, 0.717) is 21.7 Å². The molecule has 114 valence electrons. The van der Waals surface area contributed by atoms with E-state index in [1.54, 1.807) is 33.0 Å². The number of benzene rings is 1. The molecule has 2 aromatic rings. The number of nitrogen functional groups attached to an aromatic ring is 1. The van der Waals surface area contributed by atoms with E-state index >= 15 is 0 Å². The van der Waals surface area contributed by atoms with Crippen molar-refractivity contribution in [3.05, 3.63) is 39.3 Å². The van der Waals surface area contributed by atoms with Crippen molar-refractivity contribution >= 4 is 27.0 Å². The van der Waals surface area contributed by atoms with Crippen LogP contribution in [0.15, 0.2) is 22.4 Å². The molecule has 0 aliphatic rings. The summed E-state index contributed by atoms with van der Waals surface area (Å²) >= 11 is 1.51. The minimum atomic E-state index is -3.56. The number of thiazole rings is 1. The zero-order chi connectivity index (χ0) is 15.8. The Morgan fingerprint density at radius 1 is 1.24 bits per heavy atom. The molecule has 2 N–H and O–H groups in total. The lowest BCUT2D eigenvalue weighted by Crippen LogP contribution is -2.28. The van der Waals surface area contributed by atoms with Crippen LogP contribution in [0, 0.1) is 20.8 Å². The Hall–Kier alpha value is -1.44. The highest BCUT2D eigenvalue weighted by molar-refractivity contribution is 7.89. The van der Waals surface area contributed by atoms with Crippen molar-refractivity contribution < 1.29 is 8.42 Å². The molecule has 0 unspecified atom stereocenters. The number of hydrogen-bond donors (Lipinski definition) is 1. The Morgan fingerprint density at radius 2 is 1.81 bits per heavy atom. The second-order valence-corrected chi connectivity index (χ2v) is 8.15. The summed E-state index contributed by atoms with van der Waals surface area (Å²) in [5, 5.41) is 2.81. The molecule has 2 rings (SSSR count). The summed E-state index contributed by atoms with van der Waals surface area (Å²) in [6.45, 7) is 5.68. The minimum absolute atomic E-state index is 0.260. The molecule has 0 atom stereocenters. The molecule has 1 heterocycles. The van der Waals surface area contributed by atoms with E-state index in [1.807, 2.05) is 12.3 Å². The van der Waals surface area contributed by atoms with E-state index in [2.05, 4.69) is 4.98 Å². The minimum Gasteiger partial charge on any atom is -0.399 e. The van der Waals surface area contributed by atoms with Gasteiger partial charge >= 0.3 is 0 Å². The SMILES string of the molecule is Cc1nc(CN(C)S(=O)(=O)c2c(C)cc(N)cc2C)cs1. The van der Waals surface area contributed by atoms with Gasteiger partial charge in [-0.05, 0) is 44.0 Å². The summed E-state index contributed by atoms with van der Waals surface area (Å²) in [7, 11) is -1.99. The summed E-state index contributed by atoms with van der Waals surface area (Å²) in [6.07, 6.45) is 0. The average molecular weight is 325 g/mol. The molecular formula is C14H19N3O2S2. The molecule has 0 saturated heterocycles. The van der Waals surface area contributed by atoms with Gasteiger partial charge in [-0.2, -0.15) is 4.31 Å². The second-order valence-electron chi connectivity index (χ2n) is 5.10. The fourth-order valence-electron chi connectivity index (χ4n) is 2.34. The number of anilines is 1. The fraction of sp³-hybridized carbons (Fsp3) is 0.357. The third-order valence-electron chi connectivity index (χ3n) is 3.20. The predicted octanol–water partition coefficient (Wildman–Crippen LogP) is 2.47. The lowest BCUT2D eigenvalue weighted by atomic mass is 10.1. The molecule has 7 heteroatoms. The van der Waals surface area contributed by atoms with Gasteiger partial charge in [-0.25, -0.2) is 13.4 Å². The summed E-state index contributed by atoms with van der Waals surface area (Å²) in [4.78, 5) is 4.63. The zero-order valence-electron chi connectivity index (χ0n) is 12.5. The summed E-state index contributed by atoms with van der Waals surface area (Å²) in [5.74, 6) is 0. The second kappa shape index (κ2) is 5.75. The van der Waals surface area contributed by atoms with Crippen LogP contribution in [-0.4, -0.2) is 24.8 Å². The Labute approximate surface area is 129 Å². The highest BCUT2D eigenvalue weighted by Gasteiger charge is 2.25. The third kappa shape index (κ3) is 3.25. The van der Waals surface area contributed by atoms with Gasteiger partial charge in [-0.3, -0.25) is 0 Å². The third-order valence-corrected chi connectivity index (χ3v) is 6.13. The summed E-state index contributed by atoms with van der Waals surface area (Å²) in [6, 6.07) is 3.36. The molecule has 0 bridgehead atoms. The maximum atomic E-state index is 12.8. The van der Waals surface area contributed by atoms with Crippen molar-refractivity contribution in [3.8, 4) is 0 Å². The van der Waals surface area contributed by atoms with Crippen LogP contribution >= 0.6 is 11.3 Å². The lowest BCUT2D eigenvalue weighted by Gasteiger charge is -2.19. The van der Waals surface area contributed by atoms with Crippen molar-refractivity contribution in [1.29, 1.82) is 0 Å². The van der Waals surface area contributed by atoms with Crippen molar-refractivity contribution in [2.75, 3.05) is 12.8 Å². The summed E-state index contributed by atoms with van der Waals surface area (Å²) in [5.41, 5.74) is 8.41. The molecule has 0 aliphatic carbocycles. The molecule has 0 saturated carbocycles. The number of hydrogen-bond acceptors (Lipinski definition) is 5. The van der Waals surface area contributed by atoms with Crippen molar-refractivity contribution in [2.45, 2.75) is 32.2 Å². The van der Waals surface area contributed by atoms with Gasteiger partial charge in [0.05, 0.1) is 22.1 Å². The van der Waals surface area contributed by atoms with Gasteiger partial charge in [0.25, 0.3) is 0 Å². The largest absolute Gasteiger partial charge is 0.399 e. The average Bonchev–Trinajstić information content (AvgIpc) is 2.72. The van der Waals surface area contributed by atoms with E-state index in [4.69, 9.17) is 5.73 Å². The molecule has 0 fully saturated rings. The van der Waals surface area contributed by atoms with Crippen LogP contribution in [0.3, 0.4) is 0 Å². The van der Waals surface area contributed by atoms with Crippen molar-refractivity contribution in [1.82, 2.24) is 9.29 Å². The molecule has 5 nitrogen and oxygen atoms in total. The molecular weight excluding hydrogens is 306 g/mol. The highest BCUT2D eigenvalue weighted by Crippen LogP contribution is 2.26. The van der Waals surface area contributed by atoms with Gasteiger partial charge in [0.2, 0.25) is 10.0 Å². The predicted molar refractivity (Wildman–Crippen MR) is 85.8 cm³/mol. The smallest absolute Gasteiger partial charge is 0.243 e. The Morgan fingerprint density at radius 3 is 2.29 bits per heavy atom. The van der Waals surface area contributed by atoms with Crippen molar-refractivity contribution in [2.24, 2.45) is 0 Å². The zero-order valence-corrected chi connectivity index (χ0v) is 14.2. The first kappa shape index (κ1) is 15.9. The number of rotatable bonds is 4. The van der Waals surface area contributed by atoms with Crippen molar-refractivity contribution in [3.63, 3.8) is 0 Å². The van der Waals surface area contributed by atoms with E-state index in [1.165, 1.54) is 15.6 Å². The van der Waals surface area contributed by atoms with Crippen LogP contribution in [0.25, 0.3) is 0 Å². The number of sulfonamides is 1. The van der Waals surface area contributed by atoms with Crippen LogP contribution in [0.2, 0.25) is 0 Å². The number of aromatic nitrogens is 1. The van der Waals surface area contributed by atoms with E-state index < -0.39 is 10.0 Å². The number of aryl methyl sites for hydroxylation is 3. The van der Waals surface area contributed by atoms with Crippen LogP contribution < -0.4 is 5.73 Å². The number of nitrogens with two attached hydrogens (primary N) is 1. The molecule has 0 aliphatic heterocycles. The number of nitrogens with zero attached hydrogens (tertiary/aromatic N) is 2. The maximum Gasteiger partial charge on any atom is 0.243 e. The van der Waals surface area contributed by atoms with E-state index in [9.17, 15) is 8.42 Å². The van der Waals surface area contributed by atoms with E-state index in [0.717, 1.165) is 10.7 Å². The molecule has 0 spiro atoms. The topological polar surface area (TPSA) is 76.3 Å². The Balaban J connectivity index is 2.38. The monoisotopic (exact) mass is 325 g/mol. The van der Waals surface area contributed by atoms with Crippen LogP contribution in [0.5, 0.6) is 0 Å². The van der Waals surface area contributed by atoms with Gasteiger partial charge in [-0.15, -0.1) is 11.3 Å². The van der Waals surface area contributed by atoms with Crippen LogP contribution in [-0.2, 0) is 16.6 Å². The van der Waals surface area contributed by atoms with Gasteiger partial charge < -0.3 is 5.73 Å². The molecule has 1 aromatic carbocycles. The van der Waals surface area contributed by atoms with Gasteiger partial charge in [-0.1, -0.05) is 0 Å². The van der Waals surface area contributed by atoms with Gasteiger partial charge in [0.1, 0.15) is 0 Å². The molecule has 21 heavy (non-hydrogen) atoms. The van der Waals surface area contributed by atoms with E-state index in [-0.39, 0.29) is 6.54 Å². The first-order chi connectivity index (χ1) is 9.71. The Bertz CT molecular complexity index is 743. The van der Waals surface area contributed by atoms with Crippen LogP contribution in [0.4, 0.5) is 5.69 Å². The standard InChI is InChI=1S/C14H19N3O2S2/c1-9-5-12(15)6-10(2)14(9)21(18,19)17(4)7-13-8-20-11(3)16-13/h5-6,8H,7,15H2,1-4H3. The first-order valence-electron chi connectivity index (χ1n) is 6.46. The Kier molecular flexibility index (Phi) is 4.36. The maximum absolute atomic E-state index is 12.8. The molecule has 0 amide bonds. The fourth-order valence-corrected chi connectivity index (χ4v) is 4.49. The molecule has 0 radical (unpaired) electrons. The highest BCUT2D eigenvalue weighted by atomic mass is 32.2. The summed E-state index contributed by atoms with van der Waals surface area (Å²) < 4.78 is 26.8. The first-order valence-corrected chi connectivity index (χ1v) is 8.78. The quantitative estimate of drug-likeness (QED) is 0.876. The normalized spacial score (nSPS) is 12.0. The molecule has 1 aromatic heterocycles. The van der Waals surface area contributed by atoms with Gasteiger partial charge in [0.15, 0.2) is 0 Å².